The van der Waals surface area contributed by atoms with Crippen LogP contribution in [0.25, 0.3) is 22.6 Å². The molecule has 2 N–H and O–H groups in total. The van der Waals surface area contributed by atoms with Gasteiger partial charge in [0.15, 0.2) is 11.6 Å². The molecule has 0 unspecified atom stereocenters. The van der Waals surface area contributed by atoms with Gasteiger partial charge in [-0.3, -0.25) is 14.4 Å². The van der Waals surface area contributed by atoms with Crippen molar-refractivity contribution in [3.63, 3.8) is 0 Å². The molecule has 2 aromatic carbocycles. The third-order valence-electron chi connectivity index (χ3n) is 7.46. The number of nitrogens with zero attached hydrogens (tertiary/aromatic N) is 6. The van der Waals surface area contributed by atoms with E-state index < -0.39 is 0 Å². The number of H-pyrrole nitrogens is 1. The Balaban J connectivity index is 1.18. The highest BCUT2D eigenvalue weighted by atomic mass is 16.5. The number of fused-ring (bicyclic) bond motifs is 1. The van der Waals surface area contributed by atoms with Crippen LogP contribution < -0.4 is 15.0 Å². The summed E-state index contributed by atoms with van der Waals surface area (Å²) >= 11 is 0. The fraction of sp³-hybridized carbons (Fsp3) is 0.290. The van der Waals surface area contributed by atoms with E-state index in [1.807, 2.05) is 71.4 Å². The molecule has 42 heavy (non-hydrogen) atoms. The number of imidazole rings is 1. The lowest BCUT2D eigenvalue weighted by Crippen LogP contribution is -2.47. The molecule has 1 saturated heterocycles. The van der Waals surface area contributed by atoms with E-state index >= 15 is 0 Å². The van der Waals surface area contributed by atoms with Gasteiger partial charge >= 0.3 is 0 Å². The van der Waals surface area contributed by atoms with Crippen LogP contribution in [0.2, 0.25) is 0 Å². The maximum Gasteiger partial charge on any atom is 0.258 e. The molecule has 0 saturated carbocycles. The number of ether oxygens (including phenoxy) is 2. The van der Waals surface area contributed by atoms with Gasteiger partial charge in [-0.05, 0) is 42.0 Å². The number of anilines is 2. The molecular weight excluding hydrogens is 532 g/mol. The molecule has 11 nitrogen and oxygen atoms in total. The standard InChI is InChI=1S/C31H34N8O3/c1-41-18-17-37-13-15-38(16-14-37)29-12-9-23(20-32-29)31(40)35-28-19-27(30-33-25-5-3-4-6-26(25)34-30)39(36-28)21-22-7-10-24(42-2)11-8-22/h3-12,19-20H,13-18,21H2,1-2H3,(H,33,34)(H,35,36,40). The van der Waals surface area contributed by atoms with Gasteiger partial charge < -0.3 is 24.7 Å². The van der Waals surface area contributed by atoms with Crippen LogP contribution in [0.5, 0.6) is 5.75 Å². The van der Waals surface area contributed by atoms with Crippen LogP contribution in [0.4, 0.5) is 11.6 Å². The molecule has 11 heteroatoms. The van der Waals surface area contributed by atoms with Crippen LogP contribution >= 0.6 is 0 Å². The average molecular weight is 567 g/mol. The number of hydrogen-bond donors (Lipinski definition) is 2. The summed E-state index contributed by atoms with van der Waals surface area (Å²) in [4.78, 5) is 30.6. The van der Waals surface area contributed by atoms with E-state index in [-0.39, 0.29) is 5.91 Å². The van der Waals surface area contributed by atoms with Crippen LogP contribution in [0.15, 0.2) is 72.9 Å². The van der Waals surface area contributed by atoms with E-state index in [9.17, 15) is 4.79 Å². The number of pyridine rings is 1. The molecule has 0 aliphatic carbocycles. The third-order valence-corrected chi connectivity index (χ3v) is 7.46. The zero-order valence-electron chi connectivity index (χ0n) is 23.8. The lowest BCUT2D eigenvalue weighted by atomic mass is 10.2. The molecule has 1 fully saturated rings. The molecule has 0 spiro atoms. The fourth-order valence-electron chi connectivity index (χ4n) is 5.08. The summed E-state index contributed by atoms with van der Waals surface area (Å²) in [6.45, 7) is 5.85. The molecule has 6 rings (SSSR count). The van der Waals surface area contributed by atoms with Gasteiger partial charge in [-0.1, -0.05) is 24.3 Å². The van der Waals surface area contributed by atoms with Crippen molar-refractivity contribution in [2.75, 3.05) is 63.8 Å². The Hall–Kier alpha value is -4.74. The predicted molar refractivity (Wildman–Crippen MR) is 162 cm³/mol. The highest BCUT2D eigenvalue weighted by Gasteiger charge is 2.19. The summed E-state index contributed by atoms with van der Waals surface area (Å²) in [5.74, 6) is 2.48. The van der Waals surface area contributed by atoms with Crippen LogP contribution in [0, 0.1) is 0 Å². The molecule has 0 radical (unpaired) electrons. The van der Waals surface area contributed by atoms with Crippen molar-refractivity contribution in [1.82, 2.24) is 29.6 Å². The second-order valence-electron chi connectivity index (χ2n) is 10.2. The van der Waals surface area contributed by atoms with E-state index in [4.69, 9.17) is 19.6 Å². The van der Waals surface area contributed by atoms with Gasteiger partial charge in [0, 0.05) is 52.1 Å². The topological polar surface area (TPSA) is 113 Å². The molecule has 5 aromatic rings. The summed E-state index contributed by atoms with van der Waals surface area (Å²) in [6.07, 6.45) is 1.62. The van der Waals surface area contributed by atoms with Crippen LogP contribution in [0.1, 0.15) is 15.9 Å². The van der Waals surface area contributed by atoms with Gasteiger partial charge in [-0.25, -0.2) is 9.97 Å². The zero-order chi connectivity index (χ0) is 28.9. The number of carbonyl (C=O) groups excluding carboxylic acids is 1. The predicted octanol–water partition coefficient (Wildman–Crippen LogP) is 3.90. The van der Waals surface area contributed by atoms with Crippen LogP contribution in [-0.2, 0) is 11.3 Å². The molecule has 0 atom stereocenters. The molecule has 4 heterocycles. The zero-order valence-corrected chi connectivity index (χ0v) is 23.8. The number of amides is 1. The van der Waals surface area contributed by atoms with Crippen LogP contribution in [0.3, 0.4) is 0 Å². The highest BCUT2D eigenvalue weighted by Crippen LogP contribution is 2.25. The van der Waals surface area contributed by atoms with E-state index in [2.05, 4.69) is 25.1 Å². The lowest BCUT2D eigenvalue weighted by molar-refractivity contribution is 0.102. The first-order valence-electron chi connectivity index (χ1n) is 14.0. The van der Waals surface area contributed by atoms with Crippen LogP contribution in [-0.4, -0.2) is 89.1 Å². The Bertz CT molecular complexity index is 1600. The summed E-state index contributed by atoms with van der Waals surface area (Å²) in [7, 11) is 3.37. The van der Waals surface area contributed by atoms with Gasteiger partial charge in [0.1, 0.15) is 17.3 Å². The Morgan fingerprint density at radius 3 is 2.52 bits per heavy atom. The minimum absolute atomic E-state index is 0.274. The summed E-state index contributed by atoms with van der Waals surface area (Å²) in [6, 6.07) is 21.2. The van der Waals surface area contributed by atoms with E-state index in [0.29, 0.717) is 23.8 Å². The monoisotopic (exact) mass is 566 g/mol. The largest absolute Gasteiger partial charge is 0.497 e. The van der Waals surface area contributed by atoms with Crippen molar-refractivity contribution in [1.29, 1.82) is 0 Å². The van der Waals surface area contributed by atoms with Crippen molar-refractivity contribution in [3.8, 4) is 17.3 Å². The molecule has 1 aliphatic rings. The maximum atomic E-state index is 13.2. The first-order chi connectivity index (χ1) is 20.6. The van der Waals surface area contributed by atoms with Gasteiger partial charge in [-0.2, -0.15) is 5.10 Å². The molecule has 3 aromatic heterocycles. The van der Waals surface area contributed by atoms with Crippen molar-refractivity contribution >= 4 is 28.6 Å². The van der Waals surface area contributed by atoms with Crippen molar-refractivity contribution in [2.24, 2.45) is 0 Å². The lowest BCUT2D eigenvalue weighted by Gasteiger charge is -2.35. The Labute approximate surface area is 244 Å². The average Bonchev–Trinajstić information content (AvgIpc) is 3.64. The summed E-state index contributed by atoms with van der Waals surface area (Å²) in [5, 5.41) is 7.68. The number of aromatic amines is 1. The minimum atomic E-state index is -0.274. The Kier molecular flexibility index (Phi) is 8.11. The second kappa shape index (κ2) is 12.4. The molecule has 1 aliphatic heterocycles. The van der Waals surface area contributed by atoms with Gasteiger partial charge in [0.05, 0.1) is 36.9 Å². The SMILES string of the molecule is COCCN1CCN(c2ccc(C(=O)Nc3cc(-c4nc5ccccc5[nH]4)n(Cc4ccc(OC)cc4)n3)cn2)CC1. The number of para-hydroxylation sites is 2. The number of piperazine rings is 1. The molecular formula is C31H34N8O3. The first kappa shape index (κ1) is 27.4. The Morgan fingerprint density at radius 1 is 1.00 bits per heavy atom. The maximum absolute atomic E-state index is 13.2. The minimum Gasteiger partial charge on any atom is -0.497 e. The third kappa shape index (κ3) is 6.12. The molecule has 216 valence electrons. The number of carbonyl (C=O) groups is 1. The quantitative estimate of drug-likeness (QED) is 0.262. The number of hydrogen-bond acceptors (Lipinski definition) is 8. The highest BCUT2D eigenvalue weighted by molar-refractivity contribution is 6.03. The normalized spacial score (nSPS) is 13.9. The van der Waals surface area contributed by atoms with Gasteiger partial charge in [0.2, 0.25) is 0 Å². The van der Waals surface area contributed by atoms with Crippen molar-refractivity contribution < 1.29 is 14.3 Å². The summed E-state index contributed by atoms with van der Waals surface area (Å²) in [5.41, 5.74) is 4.05. The molecule has 0 bridgehead atoms. The number of aromatic nitrogens is 5. The number of benzene rings is 2. The number of rotatable bonds is 10. The van der Waals surface area contributed by atoms with E-state index in [1.54, 1.807) is 20.4 Å². The summed E-state index contributed by atoms with van der Waals surface area (Å²) < 4.78 is 12.3. The smallest absolute Gasteiger partial charge is 0.258 e. The van der Waals surface area contributed by atoms with E-state index in [1.165, 1.54) is 0 Å². The van der Waals surface area contributed by atoms with E-state index in [0.717, 1.165) is 73.2 Å². The first-order valence-corrected chi connectivity index (χ1v) is 14.0. The number of methoxy groups -OCH3 is 2. The van der Waals surface area contributed by atoms with Crippen molar-refractivity contribution in [3.05, 3.63) is 84.1 Å². The second-order valence-corrected chi connectivity index (χ2v) is 10.2. The Morgan fingerprint density at radius 2 is 1.81 bits per heavy atom. The molecule has 1 amide bonds. The number of nitrogens with one attached hydrogen (secondary N) is 2. The van der Waals surface area contributed by atoms with Gasteiger partial charge in [-0.15, -0.1) is 0 Å². The van der Waals surface area contributed by atoms with Crippen molar-refractivity contribution in [2.45, 2.75) is 6.54 Å². The van der Waals surface area contributed by atoms with Gasteiger partial charge in [0.25, 0.3) is 5.91 Å². The fourth-order valence-corrected chi connectivity index (χ4v) is 5.08.